The van der Waals surface area contributed by atoms with E-state index in [4.69, 9.17) is 4.74 Å². The van der Waals surface area contributed by atoms with Crippen molar-refractivity contribution in [2.75, 3.05) is 13.7 Å². The van der Waals surface area contributed by atoms with Crippen molar-refractivity contribution in [3.8, 4) is 0 Å². The SMILES string of the molecule is CN[C@H](C(=O)OC[C@@H](NC(=O)c1cnc2ccccc2n1)C(=O)N[C@@H](C)C(C)=O)C(C)C. The summed E-state index contributed by atoms with van der Waals surface area (Å²) in [7, 11) is 1.63. The summed E-state index contributed by atoms with van der Waals surface area (Å²) in [6, 6.07) is 4.47. The molecule has 2 amide bonds. The summed E-state index contributed by atoms with van der Waals surface area (Å²) in [6.07, 6.45) is 1.30. The molecule has 0 aliphatic heterocycles. The van der Waals surface area contributed by atoms with Crippen LogP contribution in [0.25, 0.3) is 11.0 Å². The summed E-state index contributed by atoms with van der Waals surface area (Å²) >= 11 is 0. The summed E-state index contributed by atoms with van der Waals surface area (Å²) in [5.74, 6) is -2.17. The molecule has 0 fully saturated rings. The highest BCUT2D eigenvalue weighted by Gasteiger charge is 2.28. The van der Waals surface area contributed by atoms with Crippen LogP contribution in [0, 0.1) is 5.92 Å². The van der Waals surface area contributed by atoms with Gasteiger partial charge in [-0.3, -0.25) is 24.2 Å². The van der Waals surface area contributed by atoms with Crippen molar-refractivity contribution in [3.63, 3.8) is 0 Å². The number of para-hydroxylation sites is 2. The number of ketones is 1. The molecule has 0 saturated carbocycles. The van der Waals surface area contributed by atoms with E-state index in [0.29, 0.717) is 11.0 Å². The molecule has 0 aliphatic rings. The predicted octanol–water partition coefficient (Wildman–Crippen LogP) is 0.609. The fraction of sp³-hybridized carbons (Fsp3) is 0.455. The summed E-state index contributed by atoms with van der Waals surface area (Å²) in [4.78, 5) is 57.8. The van der Waals surface area contributed by atoms with Gasteiger partial charge in [0, 0.05) is 0 Å². The van der Waals surface area contributed by atoms with E-state index in [1.165, 1.54) is 20.0 Å². The molecule has 0 radical (unpaired) electrons. The van der Waals surface area contributed by atoms with E-state index in [1.54, 1.807) is 31.3 Å². The average Bonchev–Trinajstić information content (AvgIpc) is 2.75. The normalized spacial score (nSPS) is 13.8. The Bertz CT molecular complexity index is 994. The van der Waals surface area contributed by atoms with Gasteiger partial charge in [-0.25, -0.2) is 4.98 Å². The Labute approximate surface area is 186 Å². The van der Waals surface area contributed by atoms with Gasteiger partial charge in [0.25, 0.3) is 5.91 Å². The zero-order chi connectivity index (χ0) is 23.8. The summed E-state index contributed by atoms with van der Waals surface area (Å²) in [5.41, 5.74) is 1.14. The molecule has 10 nitrogen and oxygen atoms in total. The van der Waals surface area contributed by atoms with Gasteiger partial charge in [-0.1, -0.05) is 26.0 Å². The number of nitrogens with one attached hydrogen (secondary N) is 3. The summed E-state index contributed by atoms with van der Waals surface area (Å²) in [5, 5.41) is 7.89. The van der Waals surface area contributed by atoms with Gasteiger partial charge in [0.2, 0.25) is 5.91 Å². The number of likely N-dealkylation sites (N-methyl/N-ethyl adjacent to an activating group) is 1. The second kappa shape index (κ2) is 11.3. The Hall–Kier alpha value is -3.40. The number of carbonyl (C=O) groups is 4. The van der Waals surface area contributed by atoms with Gasteiger partial charge < -0.3 is 20.7 Å². The van der Waals surface area contributed by atoms with Crippen LogP contribution in [0.15, 0.2) is 30.5 Å². The molecule has 3 N–H and O–H groups in total. The molecular formula is C22H29N5O5. The molecule has 1 aromatic heterocycles. The van der Waals surface area contributed by atoms with Crippen LogP contribution >= 0.6 is 0 Å². The number of hydrogen-bond acceptors (Lipinski definition) is 8. The molecular weight excluding hydrogens is 414 g/mol. The maximum absolute atomic E-state index is 12.8. The van der Waals surface area contributed by atoms with Gasteiger partial charge in [0.1, 0.15) is 24.4 Å². The molecule has 1 heterocycles. The van der Waals surface area contributed by atoms with Crippen LogP contribution in [0.3, 0.4) is 0 Å². The number of ether oxygens (including phenoxy) is 1. The van der Waals surface area contributed by atoms with Gasteiger partial charge in [0.15, 0.2) is 5.78 Å². The van der Waals surface area contributed by atoms with E-state index in [1.807, 2.05) is 13.8 Å². The average molecular weight is 444 g/mol. The van der Waals surface area contributed by atoms with Crippen molar-refractivity contribution in [2.24, 2.45) is 5.92 Å². The van der Waals surface area contributed by atoms with E-state index in [2.05, 4.69) is 25.9 Å². The number of hydrogen-bond donors (Lipinski definition) is 3. The number of aromatic nitrogens is 2. The van der Waals surface area contributed by atoms with Crippen LogP contribution in [0.4, 0.5) is 0 Å². The first kappa shape index (κ1) is 24.9. The van der Waals surface area contributed by atoms with E-state index in [-0.39, 0.29) is 17.4 Å². The Morgan fingerprint density at radius 3 is 2.28 bits per heavy atom. The third kappa shape index (κ3) is 6.55. The Morgan fingerprint density at radius 1 is 1.03 bits per heavy atom. The fourth-order valence-electron chi connectivity index (χ4n) is 2.88. The quantitative estimate of drug-likeness (QED) is 0.454. The van der Waals surface area contributed by atoms with Crippen molar-refractivity contribution in [2.45, 2.75) is 45.8 Å². The zero-order valence-electron chi connectivity index (χ0n) is 18.8. The number of carbonyl (C=O) groups excluding carboxylic acids is 4. The van der Waals surface area contributed by atoms with Crippen LogP contribution in [-0.2, 0) is 19.1 Å². The standard InChI is InChI=1S/C22H29N5O5/c1-12(2)19(23-5)22(31)32-11-18(21(30)25-13(3)14(4)28)27-20(29)17-10-24-15-8-6-7-9-16(15)26-17/h6-10,12-13,18-19,23H,11H2,1-5H3,(H,25,30)(H,27,29)/t13-,18+,19-/m0/s1. The van der Waals surface area contributed by atoms with E-state index in [9.17, 15) is 19.2 Å². The molecule has 0 spiro atoms. The van der Waals surface area contributed by atoms with Gasteiger partial charge in [-0.15, -0.1) is 0 Å². The molecule has 0 unspecified atom stereocenters. The molecule has 172 valence electrons. The highest BCUT2D eigenvalue weighted by atomic mass is 16.5. The van der Waals surface area contributed by atoms with Crippen LogP contribution in [0.1, 0.15) is 38.2 Å². The van der Waals surface area contributed by atoms with E-state index < -0.39 is 42.5 Å². The largest absolute Gasteiger partial charge is 0.462 e. The zero-order valence-corrected chi connectivity index (χ0v) is 18.8. The number of Topliss-reactive ketones (excluding diaryl/α,β-unsaturated/α-hetero) is 1. The Kier molecular flexibility index (Phi) is 8.77. The molecule has 3 atom stereocenters. The van der Waals surface area contributed by atoms with E-state index in [0.717, 1.165) is 0 Å². The van der Waals surface area contributed by atoms with Crippen molar-refractivity contribution in [1.29, 1.82) is 0 Å². The van der Waals surface area contributed by atoms with Crippen molar-refractivity contribution in [1.82, 2.24) is 25.9 Å². The van der Waals surface area contributed by atoms with Crippen LogP contribution < -0.4 is 16.0 Å². The van der Waals surface area contributed by atoms with Crippen LogP contribution in [0.5, 0.6) is 0 Å². The lowest BCUT2D eigenvalue weighted by atomic mass is 10.1. The van der Waals surface area contributed by atoms with Gasteiger partial charge in [0.05, 0.1) is 23.3 Å². The lowest BCUT2D eigenvalue weighted by Gasteiger charge is -2.23. The fourth-order valence-corrected chi connectivity index (χ4v) is 2.88. The number of nitrogens with zero attached hydrogens (tertiary/aromatic N) is 2. The maximum Gasteiger partial charge on any atom is 0.323 e. The molecule has 0 bridgehead atoms. The first-order valence-electron chi connectivity index (χ1n) is 10.3. The minimum atomic E-state index is -1.23. The van der Waals surface area contributed by atoms with Gasteiger partial charge >= 0.3 is 5.97 Å². The first-order chi connectivity index (χ1) is 15.1. The maximum atomic E-state index is 12.8. The summed E-state index contributed by atoms with van der Waals surface area (Å²) in [6.45, 7) is 6.15. The van der Waals surface area contributed by atoms with Crippen molar-refractivity contribution in [3.05, 3.63) is 36.2 Å². The molecule has 0 saturated heterocycles. The van der Waals surface area contributed by atoms with Crippen molar-refractivity contribution >= 4 is 34.6 Å². The second-order valence-electron chi connectivity index (χ2n) is 7.75. The Morgan fingerprint density at radius 2 is 1.69 bits per heavy atom. The van der Waals surface area contributed by atoms with Crippen LogP contribution in [0.2, 0.25) is 0 Å². The predicted molar refractivity (Wildman–Crippen MR) is 118 cm³/mol. The second-order valence-corrected chi connectivity index (χ2v) is 7.75. The van der Waals surface area contributed by atoms with E-state index >= 15 is 0 Å². The number of rotatable bonds is 10. The van der Waals surface area contributed by atoms with Crippen LogP contribution in [-0.4, -0.2) is 65.3 Å². The topological polar surface area (TPSA) is 139 Å². The molecule has 2 aromatic rings. The minimum absolute atomic E-state index is 0.00252. The van der Waals surface area contributed by atoms with Crippen molar-refractivity contribution < 1.29 is 23.9 Å². The smallest absolute Gasteiger partial charge is 0.323 e. The van der Waals surface area contributed by atoms with Gasteiger partial charge in [-0.2, -0.15) is 0 Å². The number of esters is 1. The molecule has 2 rings (SSSR count). The highest BCUT2D eigenvalue weighted by Crippen LogP contribution is 2.09. The molecule has 0 aliphatic carbocycles. The lowest BCUT2D eigenvalue weighted by molar-refractivity contribution is -0.149. The first-order valence-corrected chi connectivity index (χ1v) is 10.3. The third-order valence-electron chi connectivity index (χ3n) is 4.90. The number of amides is 2. The highest BCUT2D eigenvalue weighted by molar-refractivity contribution is 5.98. The molecule has 32 heavy (non-hydrogen) atoms. The number of benzene rings is 1. The minimum Gasteiger partial charge on any atom is -0.462 e. The van der Waals surface area contributed by atoms with Gasteiger partial charge in [-0.05, 0) is 38.9 Å². The summed E-state index contributed by atoms with van der Waals surface area (Å²) < 4.78 is 5.29. The molecule has 10 heteroatoms. The number of fused-ring (bicyclic) bond motifs is 1. The monoisotopic (exact) mass is 443 g/mol. The Balaban J connectivity index is 2.18. The lowest BCUT2D eigenvalue weighted by Crippen LogP contribution is -2.53. The molecule has 1 aromatic carbocycles. The third-order valence-corrected chi connectivity index (χ3v) is 4.90.